The van der Waals surface area contributed by atoms with Crippen molar-refractivity contribution in [3.63, 3.8) is 0 Å². The molecular weight excluding hydrogens is 162 g/mol. The Hall–Kier alpha value is -1.18. The van der Waals surface area contributed by atoms with Crippen LogP contribution < -0.4 is 0 Å². The standard InChI is InChI=1S/C11H13NO/c1-8(13)11(9-5-6-9)10-4-2-3-7-12-10/h2-4,7,9,11H,5-6H2,1H3. The molecule has 1 heterocycles. The van der Waals surface area contributed by atoms with Crippen LogP contribution in [0.4, 0.5) is 0 Å². The van der Waals surface area contributed by atoms with Crippen LogP contribution in [0.3, 0.4) is 0 Å². The van der Waals surface area contributed by atoms with Gasteiger partial charge in [0.15, 0.2) is 0 Å². The van der Waals surface area contributed by atoms with E-state index in [1.165, 1.54) is 12.8 Å². The molecule has 0 amide bonds. The molecule has 13 heavy (non-hydrogen) atoms. The monoisotopic (exact) mass is 175 g/mol. The topological polar surface area (TPSA) is 30.0 Å². The fourth-order valence-electron chi connectivity index (χ4n) is 1.77. The Kier molecular flexibility index (Phi) is 2.13. The van der Waals surface area contributed by atoms with E-state index in [2.05, 4.69) is 4.98 Å². The molecule has 1 aliphatic rings. The van der Waals surface area contributed by atoms with E-state index < -0.39 is 0 Å². The Morgan fingerprint density at radius 1 is 1.54 bits per heavy atom. The van der Waals surface area contributed by atoms with E-state index >= 15 is 0 Å². The summed E-state index contributed by atoms with van der Waals surface area (Å²) in [5.41, 5.74) is 0.942. The largest absolute Gasteiger partial charge is 0.299 e. The van der Waals surface area contributed by atoms with Gasteiger partial charge in [0.2, 0.25) is 0 Å². The van der Waals surface area contributed by atoms with Crippen LogP contribution in [0.1, 0.15) is 31.4 Å². The summed E-state index contributed by atoms with van der Waals surface area (Å²) < 4.78 is 0. The van der Waals surface area contributed by atoms with Gasteiger partial charge in [-0.25, -0.2) is 0 Å². The molecule has 0 saturated heterocycles. The van der Waals surface area contributed by atoms with Gasteiger partial charge in [0.1, 0.15) is 5.78 Å². The molecule has 1 saturated carbocycles. The van der Waals surface area contributed by atoms with Crippen molar-refractivity contribution >= 4 is 5.78 Å². The molecular formula is C11H13NO. The lowest BCUT2D eigenvalue weighted by Crippen LogP contribution is -2.12. The predicted molar refractivity (Wildman–Crippen MR) is 50.4 cm³/mol. The maximum absolute atomic E-state index is 11.4. The molecule has 1 fully saturated rings. The van der Waals surface area contributed by atoms with Gasteiger partial charge >= 0.3 is 0 Å². The third-order valence-electron chi connectivity index (χ3n) is 2.54. The molecule has 0 aromatic carbocycles. The Balaban J connectivity index is 2.25. The van der Waals surface area contributed by atoms with Crippen LogP contribution in [0.5, 0.6) is 0 Å². The molecule has 2 rings (SSSR count). The number of pyridine rings is 1. The molecule has 0 radical (unpaired) electrons. The number of rotatable bonds is 3. The molecule has 0 bridgehead atoms. The van der Waals surface area contributed by atoms with Crippen molar-refractivity contribution in [2.75, 3.05) is 0 Å². The Morgan fingerprint density at radius 2 is 2.31 bits per heavy atom. The van der Waals surface area contributed by atoms with E-state index in [9.17, 15) is 4.79 Å². The van der Waals surface area contributed by atoms with Gasteiger partial charge in [-0.1, -0.05) is 6.07 Å². The number of aromatic nitrogens is 1. The highest BCUT2D eigenvalue weighted by Crippen LogP contribution is 2.42. The second-order valence-electron chi connectivity index (χ2n) is 3.68. The van der Waals surface area contributed by atoms with E-state index in [0.717, 1.165) is 5.69 Å². The van der Waals surface area contributed by atoms with Gasteiger partial charge in [-0.05, 0) is 37.8 Å². The summed E-state index contributed by atoms with van der Waals surface area (Å²) in [7, 11) is 0. The van der Waals surface area contributed by atoms with Gasteiger partial charge in [0, 0.05) is 6.20 Å². The molecule has 1 aliphatic carbocycles. The van der Waals surface area contributed by atoms with Crippen LogP contribution in [0.2, 0.25) is 0 Å². The third-order valence-corrected chi connectivity index (χ3v) is 2.54. The molecule has 1 atom stereocenters. The van der Waals surface area contributed by atoms with Crippen molar-refractivity contribution in [1.29, 1.82) is 0 Å². The molecule has 68 valence electrons. The summed E-state index contributed by atoms with van der Waals surface area (Å²) in [5, 5.41) is 0. The summed E-state index contributed by atoms with van der Waals surface area (Å²) in [5.74, 6) is 0.870. The number of hydrogen-bond donors (Lipinski definition) is 0. The third kappa shape index (κ3) is 1.77. The van der Waals surface area contributed by atoms with Crippen LogP contribution in [0.15, 0.2) is 24.4 Å². The fourth-order valence-corrected chi connectivity index (χ4v) is 1.77. The van der Waals surface area contributed by atoms with Gasteiger partial charge in [-0.3, -0.25) is 9.78 Å². The molecule has 1 aromatic rings. The van der Waals surface area contributed by atoms with Gasteiger partial charge < -0.3 is 0 Å². The molecule has 1 aromatic heterocycles. The van der Waals surface area contributed by atoms with E-state index in [4.69, 9.17) is 0 Å². The van der Waals surface area contributed by atoms with Gasteiger partial charge in [0.25, 0.3) is 0 Å². The number of carbonyl (C=O) groups excluding carboxylic acids is 1. The lowest BCUT2D eigenvalue weighted by atomic mass is 9.95. The normalized spacial score (nSPS) is 18.2. The second-order valence-corrected chi connectivity index (χ2v) is 3.68. The van der Waals surface area contributed by atoms with Crippen molar-refractivity contribution in [2.24, 2.45) is 5.92 Å². The predicted octanol–water partition coefficient (Wildman–Crippen LogP) is 2.16. The molecule has 1 unspecified atom stereocenters. The maximum Gasteiger partial charge on any atom is 0.139 e. The summed E-state index contributed by atoms with van der Waals surface area (Å²) in [6.45, 7) is 1.66. The first kappa shape index (κ1) is 8.42. The Bertz CT molecular complexity index is 303. The van der Waals surface area contributed by atoms with Crippen LogP contribution in [0, 0.1) is 5.92 Å². The lowest BCUT2D eigenvalue weighted by Gasteiger charge is -2.10. The number of carbonyl (C=O) groups is 1. The van der Waals surface area contributed by atoms with Crippen molar-refractivity contribution in [3.05, 3.63) is 30.1 Å². The molecule has 0 N–H and O–H groups in total. The zero-order valence-electron chi connectivity index (χ0n) is 7.73. The molecule has 2 heteroatoms. The minimum Gasteiger partial charge on any atom is -0.299 e. The van der Waals surface area contributed by atoms with Crippen LogP contribution in [-0.4, -0.2) is 10.8 Å². The number of hydrogen-bond acceptors (Lipinski definition) is 2. The smallest absolute Gasteiger partial charge is 0.139 e. The average molecular weight is 175 g/mol. The Labute approximate surface area is 78.0 Å². The van der Waals surface area contributed by atoms with Crippen LogP contribution in [0.25, 0.3) is 0 Å². The summed E-state index contributed by atoms with van der Waals surface area (Å²) in [6, 6.07) is 5.78. The SMILES string of the molecule is CC(=O)C(c1ccccn1)C1CC1. The first-order chi connectivity index (χ1) is 6.29. The number of nitrogens with zero attached hydrogens (tertiary/aromatic N) is 1. The van der Waals surface area contributed by atoms with Crippen LogP contribution in [-0.2, 0) is 4.79 Å². The minimum absolute atomic E-state index is 0.0567. The van der Waals surface area contributed by atoms with Crippen LogP contribution >= 0.6 is 0 Å². The number of ketones is 1. The number of Topliss-reactive ketones (excluding diaryl/α,β-unsaturated/α-hetero) is 1. The fraction of sp³-hybridized carbons (Fsp3) is 0.455. The minimum atomic E-state index is 0.0567. The zero-order chi connectivity index (χ0) is 9.26. The highest BCUT2D eigenvalue weighted by atomic mass is 16.1. The Morgan fingerprint density at radius 3 is 2.77 bits per heavy atom. The van der Waals surface area contributed by atoms with E-state index in [-0.39, 0.29) is 11.7 Å². The zero-order valence-corrected chi connectivity index (χ0v) is 7.73. The van der Waals surface area contributed by atoms with E-state index in [1.54, 1.807) is 13.1 Å². The quantitative estimate of drug-likeness (QED) is 0.704. The first-order valence-electron chi connectivity index (χ1n) is 4.70. The summed E-state index contributed by atoms with van der Waals surface area (Å²) in [6.07, 6.45) is 4.12. The van der Waals surface area contributed by atoms with Gasteiger partial charge in [0.05, 0.1) is 11.6 Å². The van der Waals surface area contributed by atoms with Gasteiger partial charge in [-0.2, -0.15) is 0 Å². The average Bonchev–Trinajstić information content (AvgIpc) is 2.90. The molecule has 0 spiro atoms. The maximum atomic E-state index is 11.4. The molecule has 0 aliphatic heterocycles. The van der Waals surface area contributed by atoms with Crippen molar-refractivity contribution in [2.45, 2.75) is 25.7 Å². The van der Waals surface area contributed by atoms with Crippen molar-refractivity contribution < 1.29 is 4.79 Å². The highest BCUT2D eigenvalue weighted by Gasteiger charge is 2.35. The first-order valence-corrected chi connectivity index (χ1v) is 4.70. The van der Waals surface area contributed by atoms with Crippen molar-refractivity contribution in [1.82, 2.24) is 4.98 Å². The summed E-state index contributed by atoms with van der Waals surface area (Å²) >= 11 is 0. The van der Waals surface area contributed by atoms with E-state index in [0.29, 0.717) is 5.92 Å². The lowest BCUT2D eigenvalue weighted by molar-refractivity contribution is -0.118. The van der Waals surface area contributed by atoms with Gasteiger partial charge in [-0.15, -0.1) is 0 Å². The second kappa shape index (κ2) is 3.29. The summed E-state index contributed by atoms with van der Waals surface area (Å²) in [4.78, 5) is 15.6. The highest BCUT2D eigenvalue weighted by molar-refractivity contribution is 5.83. The van der Waals surface area contributed by atoms with E-state index in [1.807, 2.05) is 18.2 Å². The van der Waals surface area contributed by atoms with Crippen molar-refractivity contribution in [3.8, 4) is 0 Å². The molecule has 2 nitrogen and oxygen atoms in total.